The Morgan fingerprint density at radius 3 is 2.00 bits per heavy atom. The van der Waals surface area contributed by atoms with E-state index < -0.39 is 23.8 Å². The zero-order valence-electron chi connectivity index (χ0n) is 18.1. The molecule has 3 N–H and O–H groups in total. The van der Waals surface area contributed by atoms with Crippen LogP contribution in [0.15, 0.2) is 78.9 Å². The number of likely N-dealkylation sites (tertiary alicyclic amines) is 1. The van der Waals surface area contributed by atoms with Gasteiger partial charge in [0.15, 0.2) is 0 Å². The molecule has 1 aliphatic heterocycles. The van der Waals surface area contributed by atoms with Crippen molar-refractivity contribution in [1.82, 2.24) is 4.90 Å². The van der Waals surface area contributed by atoms with E-state index in [1.54, 1.807) is 0 Å². The van der Waals surface area contributed by atoms with E-state index in [2.05, 4.69) is 29.2 Å². The highest BCUT2D eigenvalue weighted by atomic mass is 19.1. The molecule has 1 unspecified atom stereocenters. The third kappa shape index (κ3) is 5.23. The van der Waals surface area contributed by atoms with Crippen molar-refractivity contribution < 1.29 is 13.9 Å². The summed E-state index contributed by atoms with van der Waals surface area (Å²) in [6, 6.07) is 23.2. The number of aliphatic hydroxyl groups excluding tert-OH is 1. The summed E-state index contributed by atoms with van der Waals surface area (Å²) < 4.78 is 27.3. The second-order valence-electron chi connectivity index (χ2n) is 8.66. The van der Waals surface area contributed by atoms with Crippen molar-refractivity contribution in [3.8, 4) is 0 Å². The first-order chi connectivity index (χ1) is 15.5. The average molecular weight is 437 g/mol. The Morgan fingerprint density at radius 1 is 0.875 bits per heavy atom. The lowest BCUT2D eigenvalue weighted by Gasteiger charge is -2.45. The van der Waals surface area contributed by atoms with Crippen molar-refractivity contribution in [3.05, 3.63) is 107 Å². The number of nitrogens with zero attached hydrogens (tertiary/aromatic N) is 1. The predicted molar refractivity (Wildman–Crippen MR) is 123 cm³/mol. The van der Waals surface area contributed by atoms with E-state index in [-0.39, 0.29) is 18.5 Å². The van der Waals surface area contributed by atoms with Crippen LogP contribution in [0.1, 0.15) is 42.0 Å². The van der Waals surface area contributed by atoms with Crippen LogP contribution >= 0.6 is 0 Å². The molecule has 0 saturated carbocycles. The minimum atomic E-state index is -0.823. The Kier molecular flexibility index (Phi) is 7.30. The average Bonchev–Trinajstić information content (AvgIpc) is 2.80. The molecular formula is C27H30F2N2O. The monoisotopic (exact) mass is 436 g/mol. The summed E-state index contributed by atoms with van der Waals surface area (Å²) in [5.74, 6) is -1.26. The van der Waals surface area contributed by atoms with Gasteiger partial charge in [0.1, 0.15) is 11.6 Å². The molecule has 3 atom stereocenters. The van der Waals surface area contributed by atoms with E-state index in [0.29, 0.717) is 5.56 Å². The first-order valence-corrected chi connectivity index (χ1v) is 11.3. The standard InChI is InChI=1S/C27H30F2N2O/c28-22-15-19(16-23(29)18-22)17-24(30)27(32)25-13-7-8-14-31(25)26(20-9-3-1-4-10-20)21-11-5-2-6-12-21/h1-6,9-12,15-16,18,24-27,32H,7-8,13-14,17,30H2/t24-,25?,27-/m0/s1. The van der Waals surface area contributed by atoms with Gasteiger partial charge in [0.05, 0.1) is 12.1 Å². The van der Waals surface area contributed by atoms with E-state index in [1.165, 1.54) is 23.3 Å². The van der Waals surface area contributed by atoms with Crippen LogP contribution in [0.5, 0.6) is 0 Å². The van der Waals surface area contributed by atoms with Crippen LogP contribution in [0.3, 0.4) is 0 Å². The highest BCUT2D eigenvalue weighted by Crippen LogP contribution is 2.35. The molecule has 1 saturated heterocycles. The number of nitrogens with two attached hydrogens (primary N) is 1. The van der Waals surface area contributed by atoms with Crippen LogP contribution in [-0.2, 0) is 6.42 Å². The molecule has 32 heavy (non-hydrogen) atoms. The second kappa shape index (κ2) is 10.3. The van der Waals surface area contributed by atoms with E-state index >= 15 is 0 Å². The third-order valence-electron chi connectivity index (χ3n) is 6.38. The van der Waals surface area contributed by atoms with Crippen molar-refractivity contribution in [2.24, 2.45) is 5.73 Å². The third-order valence-corrected chi connectivity index (χ3v) is 6.38. The molecule has 0 radical (unpaired) electrons. The number of halogens is 2. The Labute approximate surface area is 188 Å². The van der Waals surface area contributed by atoms with Crippen molar-refractivity contribution in [3.63, 3.8) is 0 Å². The molecule has 4 rings (SSSR count). The van der Waals surface area contributed by atoms with Gasteiger partial charge >= 0.3 is 0 Å². The molecule has 5 heteroatoms. The van der Waals surface area contributed by atoms with Crippen LogP contribution in [0.25, 0.3) is 0 Å². The molecule has 3 aromatic rings. The van der Waals surface area contributed by atoms with E-state index in [0.717, 1.165) is 31.9 Å². The zero-order chi connectivity index (χ0) is 22.5. The summed E-state index contributed by atoms with van der Waals surface area (Å²) in [5.41, 5.74) is 9.19. The summed E-state index contributed by atoms with van der Waals surface area (Å²) in [7, 11) is 0. The maximum absolute atomic E-state index is 13.6. The summed E-state index contributed by atoms with van der Waals surface area (Å²) in [4.78, 5) is 2.35. The normalized spacial score (nSPS) is 19.1. The molecular weight excluding hydrogens is 406 g/mol. The molecule has 3 aromatic carbocycles. The highest BCUT2D eigenvalue weighted by Gasteiger charge is 2.37. The van der Waals surface area contributed by atoms with Gasteiger partial charge in [-0.2, -0.15) is 0 Å². The molecule has 1 heterocycles. The van der Waals surface area contributed by atoms with Gasteiger partial charge in [-0.15, -0.1) is 0 Å². The van der Waals surface area contributed by atoms with Gasteiger partial charge in [0, 0.05) is 18.2 Å². The minimum Gasteiger partial charge on any atom is -0.390 e. The van der Waals surface area contributed by atoms with Crippen LogP contribution in [0.2, 0.25) is 0 Å². The minimum absolute atomic E-state index is 0.00355. The Balaban J connectivity index is 1.61. The van der Waals surface area contributed by atoms with Gasteiger partial charge in [0.25, 0.3) is 0 Å². The number of hydrogen-bond donors (Lipinski definition) is 2. The summed E-state index contributed by atoms with van der Waals surface area (Å²) in [6.07, 6.45) is 2.26. The van der Waals surface area contributed by atoms with Gasteiger partial charge in [-0.25, -0.2) is 8.78 Å². The maximum atomic E-state index is 13.6. The molecule has 0 bridgehead atoms. The number of aliphatic hydroxyl groups is 1. The Morgan fingerprint density at radius 2 is 1.44 bits per heavy atom. The first-order valence-electron chi connectivity index (χ1n) is 11.3. The topological polar surface area (TPSA) is 49.5 Å². The quantitative estimate of drug-likeness (QED) is 0.557. The Bertz CT molecular complexity index is 939. The molecule has 0 aromatic heterocycles. The van der Waals surface area contributed by atoms with Crippen molar-refractivity contribution in [2.45, 2.75) is 49.9 Å². The van der Waals surface area contributed by atoms with Crippen LogP contribution < -0.4 is 5.73 Å². The van der Waals surface area contributed by atoms with Crippen molar-refractivity contribution in [2.75, 3.05) is 6.54 Å². The van der Waals surface area contributed by atoms with E-state index in [4.69, 9.17) is 5.73 Å². The van der Waals surface area contributed by atoms with E-state index in [1.807, 2.05) is 36.4 Å². The maximum Gasteiger partial charge on any atom is 0.126 e. The lowest BCUT2D eigenvalue weighted by atomic mass is 9.86. The molecule has 0 spiro atoms. The fourth-order valence-electron chi connectivity index (χ4n) is 4.92. The fourth-order valence-corrected chi connectivity index (χ4v) is 4.92. The smallest absolute Gasteiger partial charge is 0.126 e. The van der Waals surface area contributed by atoms with Crippen molar-refractivity contribution in [1.29, 1.82) is 0 Å². The highest BCUT2D eigenvalue weighted by molar-refractivity contribution is 5.32. The van der Waals surface area contributed by atoms with Gasteiger partial charge in [-0.05, 0) is 54.6 Å². The lowest BCUT2D eigenvalue weighted by molar-refractivity contribution is -0.00345. The summed E-state index contributed by atoms with van der Waals surface area (Å²) in [6.45, 7) is 0.845. The molecule has 0 amide bonds. The number of rotatable bonds is 7. The zero-order valence-corrected chi connectivity index (χ0v) is 18.1. The van der Waals surface area contributed by atoms with Crippen molar-refractivity contribution >= 4 is 0 Å². The SMILES string of the molecule is N[C@@H](Cc1cc(F)cc(F)c1)[C@H](O)C1CCCCN1C(c1ccccc1)c1ccccc1. The molecule has 168 valence electrons. The van der Waals surface area contributed by atoms with Crippen LogP contribution in [0, 0.1) is 11.6 Å². The van der Waals surface area contributed by atoms with Crippen LogP contribution in [0.4, 0.5) is 8.78 Å². The fraction of sp³-hybridized carbons (Fsp3) is 0.333. The number of benzene rings is 3. The number of piperidine rings is 1. The molecule has 1 fully saturated rings. The van der Waals surface area contributed by atoms with Gasteiger partial charge < -0.3 is 10.8 Å². The van der Waals surface area contributed by atoms with Gasteiger partial charge in [0.2, 0.25) is 0 Å². The van der Waals surface area contributed by atoms with Crippen LogP contribution in [-0.4, -0.2) is 34.7 Å². The van der Waals surface area contributed by atoms with E-state index in [9.17, 15) is 13.9 Å². The summed E-state index contributed by atoms with van der Waals surface area (Å²) >= 11 is 0. The lowest BCUT2D eigenvalue weighted by Crippen LogP contribution is -2.55. The Hall–Kier alpha value is -2.60. The van der Waals surface area contributed by atoms with Gasteiger partial charge in [-0.3, -0.25) is 4.90 Å². The largest absolute Gasteiger partial charge is 0.390 e. The summed E-state index contributed by atoms with van der Waals surface area (Å²) in [5, 5.41) is 11.3. The predicted octanol–water partition coefficient (Wildman–Crippen LogP) is 4.84. The molecule has 0 aliphatic carbocycles. The molecule has 3 nitrogen and oxygen atoms in total. The van der Waals surface area contributed by atoms with Gasteiger partial charge in [-0.1, -0.05) is 67.1 Å². The second-order valence-corrected chi connectivity index (χ2v) is 8.66. The molecule has 1 aliphatic rings. The number of hydrogen-bond acceptors (Lipinski definition) is 3. The first kappa shape index (κ1) is 22.6.